The van der Waals surface area contributed by atoms with Crippen molar-refractivity contribution in [2.24, 2.45) is 0 Å². The van der Waals surface area contributed by atoms with E-state index in [0.29, 0.717) is 24.0 Å². The molecule has 0 saturated carbocycles. The van der Waals surface area contributed by atoms with E-state index in [9.17, 15) is 4.79 Å². The van der Waals surface area contributed by atoms with Gasteiger partial charge in [0.1, 0.15) is 11.5 Å². The molecule has 2 aromatic heterocycles. The molecule has 0 aromatic carbocycles. The number of aromatic nitrogens is 2. The molecular weight excluding hydrogens is 232 g/mol. The number of aryl methyl sites for hydroxylation is 2. The molecule has 0 radical (unpaired) electrons. The van der Waals surface area contributed by atoms with Crippen molar-refractivity contribution in [3.63, 3.8) is 0 Å². The molecule has 94 valence electrons. The minimum Gasteiger partial charge on any atom is -0.461 e. The smallest absolute Gasteiger partial charge is 0.360 e. The van der Waals surface area contributed by atoms with Crippen molar-refractivity contribution >= 4 is 5.97 Å². The zero-order chi connectivity index (χ0) is 13.1. The fraction of sp³-hybridized carbons (Fsp3) is 0.308. The monoisotopic (exact) mass is 246 g/mol. The van der Waals surface area contributed by atoms with Gasteiger partial charge in [-0.25, -0.2) is 9.78 Å². The first-order chi connectivity index (χ1) is 8.63. The number of rotatable bonds is 3. The summed E-state index contributed by atoms with van der Waals surface area (Å²) in [6.45, 7) is 5.65. The molecule has 0 unspecified atom stereocenters. The summed E-state index contributed by atoms with van der Waals surface area (Å²) in [5.41, 5.74) is 1.78. The zero-order valence-corrected chi connectivity index (χ0v) is 10.6. The summed E-state index contributed by atoms with van der Waals surface area (Å²) in [7, 11) is 0. The Kier molecular flexibility index (Phi) is 3.41. The highest BCUT2D eigenvalue weighted by atomic mass is 16.5. The second kappa shape index (κ2) is 5.00. The number of oxazole rings is 1. The van der Waals surface area contributed by atoms with Gasteiger partial charge in [-0.15, -0.1) is 0 Å². The first kappa shape index (κ1) is 12.3. The number of carbonyl (C=O) groups excluding carboxylic acids is 1. The van der Waals surface area contributed by atoms with E-state index in [4.69, 9.17) is 9.15 Å². The number of hydrogen-bond donors (Lipinski definition) is 0. The molecule has 0 aliphatic heterocycles. The Morgan fingerprint density at radius 3 is 2.89 bits per heavy atom. The fourth-order valence-electron chi connectivity index (χ4n) is 1.60. The largest absolute Gasteiger partial charge is 0.461 e. The third kappa shape index (κ3) is 2.25. The maximum absolute atomic E-state index is 11.6. The molecule has 5 heteroatoms. The average molecular weight is 246 g/mol. The number of esters is 1. The van der Waals surface area contributed by atoms with E-state index >= 15 is 0 Å². The van der Waals surface area contributed by atoms with Crippen molar-refractivity contribution in [1.29, 1.82) is 0 Å². The van der Waals surface area contributed by atoms with Crippen molar-refractivity contribution in [1.82, 2.24) is 9.97 Å². The van der Waals surface area contributed by atoms with Gasteiger partial charge < -0.3 is 9.15 Å². The van der Waals surface area contributed by atoms with Crippen LogP contribution in [0.15, 0.2) is 22.7 Å². The summed E-state index contributed by atoms with van der Waals surface area (Å²) in [4.78, 5) is 20.0. The van der Waals surface area contributed by atoms with Crippen LogP contribution in [0.5, 0.6) is 0 Å². The van der Waals surface area contributed by atoms with Crippen LogP contribution in [0.25, 0.3) is 11.6 Å². The van der Waals surface area contributed by atoms with Crippen LogP contribution < -0.4 is 0 Å². The van der Waals surface area contributed by atoms with Crippen LogP contribution in [-0.2, 0) is 4.74 Å². The van der Waals surface area contributed by atoms with E-state index in [1.165, 1.54) is 0 Å². The molecule has 0 atom stereocenters. The predicted octanol–water partition coefficient (Wildman–Crippen LogP) is 2.53. The third-order valence-corrected chi connectivity index (χ3v) is 2.48. The Morgan fingerprint density at radius 2 is 2.22 bits per heavy atom. The lowest BCUT2D eigenvalue weighted by Crippen LogP contribution is -2.06. The number of hydrogen-bond acceptors (Lipinski definition) is 5. The van der Waals surface area contributed by atoms with Crippen LogP contribution in [-0.4, -0.2) is 22.5 Å². The van der Waals surface area contributed by atoms with Gasteiger partial charge in [-0.1, -0.05) is 6.07 Å². The Morgan fingerprint density at radius 1 is 1.44 bits per heavy atom. The molecule has 5 nitrogen and oxygen atoms in total. The van der Waals surface area contributed by atoms with Gasteiger partial charge in [0.2, 0.25) is 5.89 Å². The minimum absolute atomic E-state index is 0.205. The summed E-state index contributed by atoms with van der Waals surface area (Å²) < 4.78 is 10.4. The molecule has 0 aliphatic rings. The Hall–Kier alpha value is -2.17. The Balaban J connectivity index is 2.41. The van der Waals surface area contributed by atoms with Crippen molar-refractivity contribution in [3.8, 4) is 11.6 Å². The summed E-state index contributed by atoms with van der Waals surface area (Å²) in [6.07, 6.45) is 1.66. The maximum atomic E-state index is 11.6. The van der Waals surface area contributed by atoms with Crippen LogP contribution >= 0.6 is 0 Å². The van der Waals surface area contributed by atoms with Crippen molar-refractivity contribution in [2.75, 3.05) is 6.61 Å². The van der Waals surface area contributed by atoms with Crippen molar-refractivity contribution < 1.29 is 13.9 Å². The fourth-order valence-corrected chi connectivity index (χ4v) is 1.60. The second-order valence-corrected chi connectivity index (χ2v) is 3.81. The van der Waals surface area contributed by atoms with Gasteiger partial charge in [0.15, 0.2) is 5.69 Å². The lowest BCUT2D eigenvalue weighted by molar-refractivity contribution is 0.0518. The average Bonchev–Trinajstić information content (AvgIpc) is 2.72. The van der Waals surface area contributed by atoms with Gasteiger partial charge in [0, 0.05) is 6.20 Å². The molecule has 0 aliphatic carbocycles. The lowest BCUT2D eigenvalue weighted by atomic mass is 10.2. The molecule has 2 aromatic rings. The van der Waals surface area contributed by atoms with Gasteiger partial charge in [-0.2, -0.15) is 0 Å². The molecule has 0 bridgehead atoms. The molecule has 0 fully saturated rings. The summed E-state index contributed by atoms with van der Waals surface area (Å²) in [5.74, 6) is 0.306. The molecule has 0 spiro atoms. The van der Waals surface area contributed by atoms with Gasteiger partial charge in [0.25, 0.3) is 0 Å². The SMILES string of the molecule is CCOC(=O)c1nc(-c2ncccc2C)oc1C. The van der Waals surface area contributed by atoms with Crippen LogP contribution in [0.2, 0.25) is 0 Å². The topological polar surface area (TPSA) is 65.2 Å². The standard InChI is InChI=1S/C13H14N2O3/c1-4-17-13(16)11-9(3)18-12(15-11)10-8(2)6-5-7-14-10/h5-7H,4H2,1-3H3. The molecular formula is C13H14N2O3. The van der Waals surface area contributed by atoms with E-state index in [1.807, 2.05) is 19.1 Å². The summed E-state index contributed by atoms with van der Waals surface area (Å²) >= 11 is 0. The minimum atomic E-state index is -0.474. The summed E-state index contributed by atoms with van der Waals surface area (Å²) in [6, 6.07) is 3.74. The van der Waals surface area contributed by atoms with E-state index < -0.39 is 5.97 Å². The summed E-state index contributed by atoms with van der Waals surface area (Å²) in [5, 5.41) is 0. The lowest BCUT2D eigenvalue weighted by Gasteiger charge is -1.98. The van der Waals surface area contributed by atoms with Gasteiger partial charge in [0.05, 0.1) is 6.61 Å². The third-order valence-electron chi connectivity index (χ3n) is 2.48. The van der Waals surface area contributed by atoms with Crippen LogP contribution in [0, 0.1) is 13.8 Å². The Labute approximate surface area is 105 Å². The van der Waals surface area contributed by atoms with E-state index in [1.54, 1.807) is 20.0 Å². The first-order valence-electron chi connectivity index (χ1n) is 5.70. The normalized spacial score (nSPS) is 10.4. The van der Waals surface area contributed by atoms with Crippen molar-refractivity contribution in [3.05, 3.63) is 35.3 Å². The number of nitrogens with zero attached hydrogens (tertiary/aromatic N) is 2. The maximum Gasteiger partial charge on any atom is 0.360 e. The number of pyridine rings is 1. The number of ether oxygens (including phenoxy) is 1. The predicted molar refractivity (Wildman–Crippen MR) is 65.2 cm³/mol. The van der Waals surface area contributed by atoms with Gasteiger partial charge in [-0.05, 0) is 32.4 Å². The van der Waals surface area contributed by atoms with Crippen LogP contribution in [0.1, 0.15) is 28.7 Å². The Bertz CT molecular complexity index is 575. The quantitative estimate of drug-likeness (QED) is 0.778. The van der Waals surface area contributed by atoms with Crippen LogP contribution in [0.3, 0.4) is 0 Å². The van der Waals surface area contributed by atoms with Gasteiger partial charge in [-0.3, -0.25) is 4.98 Å². The van der Waals surface area contributed by atoms with Crippen molar-refractivity contribution in [2.45, 2.75) is 20.8 Å². The first-order valence-corrected chi connectivity index (χ1v) is 5.70. The van der Waals surface area contributed by atoms with Crippen LogP contribution in [0.4, 0.5) is 0 Å². The highest BCUT2D eigenvalue weighted by Gasteiger charge is 2.20. The second-order valence-electron chi connectivity index (χ2n) is 3.81. The molecule has 0 amide bonds. The molecule has 18 heavy (non-hydrogen) atoms. The highest BCUT2D eigenvalue weighted by molar-refractivity contribution is 5.88. The van der Waals surface area contributed by atoms with E-state index in [0.717, 1.165) is 5.56 Å². The number of carbonyl (C=O) groups is 1. The van der Waals surface area contributed by atoms with Gasteiger partial charge >= 0.3 is 5.97 Å². The highest BCUT2D eigenvalue weighted by Crippen LogP contribution is 2.22. The molecule has 2 rings (SSSR count). The van der Waals surface area contributed by atoms with E-state index in [2.05, 4.69) is 9.97 Å². The molecule has 2 heterocycles. The van der Waals surface area contributed by atoms with E-state index in [-0.39, 0.29) is 5.69 Å². The molecule has 0 N–H and O–H groups in total. The molecule has 0 saturated heterocycles. The zero-order valence-electron chi connectivity index (χ0n) is 10.6.